The third-order valence-electron chi connectivity index (χ3n) is 2.14. The molecule has 0 spiro atoms. The molecule has 2 nitrogen and oxygen atoms in total. The van der Waals surface area contributed by atoms with Gasteiger partial charge in [0.25, 0.3) is 0 Å². The first-order chi connectivity index (χ1) is 6.90. The van der Waals surface area contributed by atoms with Crippen molar-refractivity contribution in [3.05, 3.63) is 48.8 Å². The van der Waals surface area contributed by atoms with Crippen LogP contribution in [0.15, 0.2) is 43.2 Å². The van der Waals surface area contributed by atoms with Crippen molar-refractivity contribution in [2.24, 2.45) is 0 Å². The summed E-state index contributed by atoms with van der Waals surface area (Å²) in [7, 11) is 0. The second kappa shape index (κ2) is 4.01. The molecule has 72 valence electrons. The molecule has 1 heterocycles. The molecule has 0 amide bonds. The summed E-state index contributed by atoms with van der Waals surface area (Å²) in [5, 5.41) is 3.25. The maximum atomic E-state index is 5.35. The van der Waals surface area contributed by atoms with Crippen LogP contribution < -0.4 is 10.1 Å². The SMILES string of the molecule is C=CCNc1ccc2c(c1)CC=CO2. The van der Waals surface area contributed by atoms with Crippen molar-refractivity contribution >= 4 is 5.69 Å². The van der Waals surface area contributed by atoms with Crippen LogP contribution in [0.3, 0.4) is 0 Å². The van der Waals surface area contributed by atoms with Crippen molar-refractivity contribution in [1.82, 2.24) is 0 Å². The maximum absolute atomic E-state index is 5.35. The van der Waals surface area contributed by atoms with Gasteiger partial charge in [-0.2, -0.15) is 0 Å². The Bertz CT molecular complexity index is 369. The van der Waals surface area contributed by atoms with Crippen LogP contribution in [0.4, 0.5) is 5.69 Å². The Morgan fingerprint density at radius 3 is 3.29 bits per heavy atom. The molecule has 2 heteroatoms. The van der Waals surface area contributed by atoms with Crippen LogP contribution in [-0.4, -0.2) is 6.54 Å². The zero-order chi connectivity index (χ0) is 9.80. The molecule has 1 aliphatic rings. The standard InChI is InChI=1S/C12H13NO/c1-2-7-13-11-5-6-12-10(9-11)4-3-8-14-12/h2-3,5-6,8-9,13H,1,4,7H2. The summed E-state index contributed by atoms with van der Waals surface area (Å²) >= 11 is 0. The van der Waals surface area contributed by atoms with Crippen molar-refractivity contribution in [3.8, 4) is 5.75 Å². The van der Waals surface area contributed by atoms with Gasteiger partial charge in [0, 0.05) is 17.8 Å². The van der Waals surface area contributed by atoms with Gasteiger partial charge in [-0.05, 0) is 30.7 Å². The lowest BCUT2D eigenvalue weighted by Crippen LogP contribution is -2.01. The number of anilines is 1. The van der Waals surface area contributed by atoms with E-state index in [1.165, 1.54) is 5.56 Å². The van der Waals surface area contributed by atoms with E-state index in [2.05, 4.69) is 18.0 Å². The van der Waals surface area contributed by atoms with Crippen LogP contribution in [0.25, 0.3) is 0 Å². The van der Waals surface area contributed by atoms with Gasteiger partial charge in [0.05, 0.1) is 6.26 Å². The molecular formula is C12H13NO. The number of ether oxygens (including phenoxy) is 1. The Labute approximate surface area is 83.9 Å². The summed E-state index contributed by atoms with van der Waals surface area (Å²) in [5.41, 5.74) is 2.34. The third kappa shape index (κ3) is 1.79. The van der Waals surface area contributed by atoms with E-state index in [9.17, 15) is 0 Å². The fourth-order valence-electron chi connectivity index (χ4n) is 1.45. The van der Waals surface area contributed by atoms with E-state index in [1.807, 2.05) is 24.3 Å². The summed E-state index contributed by atoms with van der Waals surface area (Å²) in [6.45, 7) is 4.45. The molecule has 0 fully saturated rings. The first kappa shape index (κ1) is 8.88. The highest BCUT2D eigenvalue weighted by molar-refractivity contribution is 5.52. The summed E-state index contributed by atoms with van der Waals surface area (Å²) in [5.74, 6) is 0.955. The minimum Gasteiger partial charge on any atom is -0.465 e. The molecule has 0 aliphatic carbocycles. The molecule has 0 bridgehead atoms. The van der Waals surface area contributed by atoms with Crippen LogP contribution in [-0.2, 0) is 6.42 Å². The topological polar surface area (TPSA) is 21.3 Å². The quantitative estimate of drug-likeness (QED) is 0.734. The second-order valence-corrected chi connectivity index (χ2v) is 3.19. The van der Waals surface area contributed by atoms with Gasteiger partial charge >= 0.3 is 0 Å². The first-order valence-corrected chi connectivity index (χ1v) is 4.69. The minimum absolute atomic E-state index is 0.787. The molecule has 1 aromatic rings. The number of hydrogen-bond donors (Lipinski definition) is 1. The zero-order valence-electron chi connectivity index (χ0n) is 7.99. The predicted molar refractivity (Wildman–Crippen MR) is 58.6 cm³/mol. The number of benzene rings is 1. The van der Waals surface area contributed by atoms with E-state index >= 15 is 0 Å². The van der Waals surface area contributed by atoms with Crippen molar-refractivity contribution < 1.29 is 4.74 Å². The van der Waals surface area contributed by atoms with E-state index < -0.39 is 0 Å². The second-order valence-electron chi connectivity index (χ2n) is 3.19. The van der Waals surface area contributed by atoms with Crippen molar-refractivity contribution in [2.45, 2.75) is 6.42 Å². The maximum Gasteiger partial charge on any atom is 0.130 e. The third-order valence-corrected chi connectivity index (χ3v) is 2.14. The van der Waals surface area contributed by atoms with Gasteiger partial charge < -0.3 is 10.1 Å². The predicted octanol–water partition coefficient (Wildman–Crippen LogP) is 2.73. The van der Waals surface area contributed by atoms with E-state index in [0.717, 1.165) is 24.4 Å². The first-order valence-electron chi connectivity index (χ1n) is 4.69. The smallest absolute Gasteiger partial charge is 0.130 e. The van der Waals surface area contributed by atoms with Gasteiger partial charge in [-0.15, -0.1) is 6.58 Å². The molecule has 1 aromatic carbocycles. The van der Waals surface area contributed by atoms with E-state index in [0.29, 0.717) is 0 Å². The Hall–Kier alpha value is -1.70. The molecule has 0 atom stereocenters. The average molecular weight is 187 g/mol. The Morgan fingerprint density at radius 2 is 2.43 bits per heavy atom. The highest BCUT2D eigenvalue weighted by atomic mass is 16.5. The fraction of sp³-hybridized carbons (Fsp3) is 0.167. The molecular weight excluding hydrogens is 174 g/mol. The molecule has 0 saturated carbocycles. The summed E-state index contributed by atoms with van der Waals surface area (Å²) in [6, 6.07) is 6.12. The summed E-state index contributed by atoms with van der Waals surface area (Å²) < 4.78 is 5.35. The number of nitrogens with one attached hydrogen (secondary N) is 1. The fourth-order valence-corrected chi connectivity index (χ4v) is 1.45. The van der Waals surface area contributed by atoms with Crippen LogP contribution in [0, 0.1) is 0 Å². The normalized spacial score (nSPS) is 12.9. The lowest BCUT2D eigenvalue weighted by molar-refractivity contribution is 0.465. The summed E-state index contributed by atoms with van der Waals surface area (Å²) in [4.78, 5) is 0. The van der Waals surface area contributed by atoms with Gasteiger partial charge in [0.1, 0.15) is 5.75 Å². The largest absolute Gasteiger partial charge is 0.465 e. The number of allylic oxidation sites excluding steroid dienone is 1. The molecule has 2 rings (SSSR count). The lowest BCUT2D eigenvalue weighted by Gasteiger charge is -2.13. The molecule has 0 unspecified atom stereocenters. The van der Waals surface area contributed by atoms with E-state index in [-0.39, 0.29) is 0 Å². The number of fused-ring (bicyclic) bond motifs is 1. The van der Waals surface area contributed by atoms with Crippen molar-refractivity contribution in [3.63, 3.8) is 0 Å². The van der Waals surface area contributed by atoms with Gasteiger partial charge in [-0.1, -0.05) is 6.08 Å². The van der Waals surface area contributed by atoms with Crippen LogP contribution >= 0.6 is 0 Å². The highest BCUT2D eigenvalue weighted by Gasteiger charge is 2.06. The Morgan fingerprint density at radius 1 is 1.50 bits per heavy atom. The van der Waals surface area contributed by atoms with E-state index in [4.69, 9.17) is 4.74 Å². The number of hydrogen-bond acceptors (Lipinski definition) is 2. The van der Waals surface area contributed by atoms with Gasteiger partial charge in [-0.25, -0.2) is 0 Å². The molecule has 0 radical (unpaired) electrons. The molecule has 1 N–H and O–H groups in total. The van der Waals surface area contributed by atoms with Crippen molar-refractivity contribution in [1.29, 1.82) is 0 Å². The Balaban J connectivity index is 2.18. The van der Waals surface area contributed by atoms with Gasteiger partial charge in [0.15, 0.2) is 0 Å². The Kier molecular flexibility index (Phi) is 2.54. The van der Waals surface area contributed by atoms with Gasteiger partial charge in [0.2, 0.25) is 0 Å². The van der Waals surface area contributed by atoms with Crippen LogP contribution in [0.5, 0.6) is 5.75 Å². The van der Waals surface area contributed by atoms with Gasteiger partial charge in [-0.3, -0.25) is 0 Å². The zero-order valence-corrected chi connectivity index (χ0v) is 7.99. The minimum atomic E-state index is 0.787. The van der Waals surface area contributed by atoms with Crippen molar-refractivity contribution in [2.75, 3.05) is 11.9 Å². The lowest BCUT2D eigenvalue weighted by atomic mass is 10.1. The highest BCUT2D eigenvalue weighted by Crippen LogP contribution is 2.26. The van der Waals surface area contributed by atoms with E-state index in [1.54, 1.807) is 6.26 Å². The molecule has 14 heavy (non-hydrogen) atoms. The molecule has 0 saturated heterocycles. The molecule has 1 aliphatic heterocycles. The molecule has 0 aromatic heterocycles. The monoisotopic (exact) mass is 187 g/mol. The number of rotatable bonds is 3. The van der Waals surface area contributed by atoms with Crippen LogP contribution in [0.2, 0.25) is 0 Å². The summed E-state index contributed by atoms with van der Waals surface area (Å²) in [6.07, 6.45) is 6.54. The van der Waals surface area contributed by atoms with Crippen LogP contribution in [0.1, 0.15) is 5.56 Å². The average Bonchev–Trinajstić information content (AvgIpc) is 2.26.